The Kier molecular flexibility index (Phi) is 6.37. The zero-order chi connectivity index (χ0) is 19.1. The predicted octanol–water partition coefficient (Wildman–Crippen LogP) is 6.02. The molecule has 0 aliphatic rings. The summed E-state index contributed by atoms with van der Waals surface area (Å²) in [6.07, 6.45) is 0. The standard InChI is InChI=1S/C24H25O3/c1-4-25-20-14-10-18(11-15-20)22-8-7-9-23(27-6-3)24(22)19-12-16-21(17-13-19)26-5-2/h7,9-17H,4-6H2,1-3H3. The summed E-state index contributed by atoms with van der Waals surface area (Å²) in [7, 11) is 0. The molecule has 3 aromatic rings. The Hall–Kier alpha value is -2.94. The van der Waals surface area contributed by atoms with Crippen LogP contribution in [0.3, 0.4) is 0 Å². The first-order chi connectivity index (χ1) is 13.3. The summed E-state index contributed by atoms with van der Waals surface area (Å²) in [5.74, 6) is 2.58. The molecule has 27 heavy (non-hydrogen) atoms. The molecular formula is C24H25O3. The molecule has 0 aliphatic heterocycles. The molecule has 0 atom stereocenters. The van der Waals surface area contributed by atoms with Crippen molar-refractivity contribution in [1.29, 1.82) is 0 Å². The van der Waals surface area contributed by atoms with Crippen LogP contribution in [-0.2, 0) is 0 Å². The molecule has 3 rings (SSSR count). The molecule has 0 bridgehead atoms. The lowest BCUT2D eigenvalue weighted by molar-refractivity contribution is 0.339. The highest BCUT2D eigenvalue weighted by atomic mass is 16.5. The molecule has 0 saturated heterocycles. The third kappa shape index (κ3) is 4.43. The first-order valence-corrected chi connectivity index (χ1v) is 9.40. The molecule has 3 nitrogen and oxygen atoms in total. The third-order valence-electron chi connectivity index (χ3n) is 4.17. The summed E-state index contributed by atoms with van der Waals surface area (Å²) in [5, 5.41) is 0. The summed E-state index contributed by atoms with van der Waals surface area (Å²) < 4.78 is 17.1. The van der Waals surface area contributed by atoms with Gasteiger partial charge in [-0.1, -0.05) is 30.3 Å². The highest BCUT2D eigenvalue weighted by molar-refractivity contribution is 5.87. The number of hydrogen-bond donors (Lipinski definition) is 0. The lowest BCUT2D eigenvalue weighted by Crippen LogP contribution is -1.97. The maximum atomic E-state index is 5.92. The maximum absolute atomic E-state index is 5.92. The summed E-state index contributed by atoms with van der Waals surface area (Å²) in [6, 6.07) is 23.5. The molecule has 3 aromatic carbocycles. The topological polar surface area (TPSA) is 27.7 Å². The molecule has 0 N–H and O–H groups in total. The Morgan fingerprint density at radius 1 is 0.630 bits per heavy atom. The van der Waals surface area contributed by atoms with Gasteiger partial charge in [0.1, 0.15) is 17.2 Å². The summed E-state index contributed by atoms with van der Waals surface area (Å²) >= 11 is 0. The van der Waals surface area contributed by atoms with Gasteiger partial charge in [0.15, 0.2) is 0 Å². The molecule has 0 aromatic heterocycles. The predicted molar refractivity (Wildman–Crippen MR) is 110 cm³/mol. The first kappa shape index (κ1) is 18.8. The third-order valence-corrected chi connectivity index (χ3v) is 4.17. The zero-order valence-corrected chi connectivity index (χ0v) is 16.1. The molecule has 0 amide bonds. The van der Waals surface area contributed by atoms with Crippen molar-refractivity contribution < 1.29 is 14.2 Å². The van der Waals surface area contributed by atoms with Crippen LogP contribution in [0.4, 0.5) is 0 Å². The van der Waals surface area contributed by atoms with Gasteiger partial charge in [-0.15, -0.1) is 0 Å². The molecule has 0 aliphatic carbocycles. The Morgan fingerprint density at radius 2 is 1.15 bits per heavy atom. The SMILES string of the molecule is CCOc1ccc(-c2[c]ccc(OCC)c2-c2ccc(OCC)cc2)cc1. The van der Waals surface area contributed by atoms with Crippen molar-refractivity contribution in [2.75, 3.05) is 19.8 Å². The van der Waals surface area contributed by atoms with Crippen LogP contribution in [0.2, 0.25) is 0 Å². The average Bonchev–Trinajstić information content (AvgIpc) is 2.70. The molecule has 0 fully saturated rings. The van der Waals surface area contributed by atoms with Gasteiger partial charge in [-0.3, -0.25) is 0 Å². The van der Waals surface area contributed by atoms with E-state index >= 15 is 0 Å². The molecule has 0 unspecified atom stereocenters. The van der Waals surface area contributed by atoms with Crippen LogP contribution in [0.25, 0.3) is 22.3 Å². The van der Waals surface area contributed by atoms with Crippen LogP contribution in [0, 0.1) is 6.07 Å². The van der Waals surface area contributed by atoms with Crippen LogP contribution in [0.5, 0.6) is 17.2 Å². The van der Waals surface area contributed by atoms with Gasteiger partial charge in [0.2, 0.25) is 0 Å². The molecule has 0 heterocycles. The van der Waals surface area contributed by atoms with E-state index in [0.29, 0.717) is 19.8 Å². The van der Waals surface area contributed by atoms with E-state index in [0.717, 1.165) is 39.5 Å². The van der Waals surface area contributed by atoms with Gasteiger partial charge in [-0.05, 0) is 68.3 Å². The summed E-state index contributed by atoms with van der Waals surface area (Å²) in [4.78, 5) is 0. The molecule has 3 heteroatoms. The lowest BCUT2D eigenvalue weighted by atomic mass is 9.93. The van der Waals surface area contributed by atoms with Gasteiger partial charge >= 0.3 is 0 Å². The van der Waals surface area contributed by atoms with Gasteiger partial charge < -0.3 is 14.2 Å². The Labute approximate surface area is 161 Å². The molecule has 0 saturated carbocycles. The van der Waals surface area contributed by atoms with Gasteiger partial charge in [0.25, 0.3) is 0 Å². The fourth-order valence-electron chi connectivity index (χ4n) is 3.04. The fourth-order valence-corrected chi connectivity index (χ4v) is 3.04. The smallest absolute Gasteiger partial charge is 0.127 e. The van der Waals surface area contributed by atoms with Gasteiger partial charge in [0.05, 0.1) is 19.8 Å². The largest absolute Gasteiger partial charge is 0.494 e. The van der Waals surface area contributed by atoms with E-state index in [-0.39, 0.29) is 0 Å². The van der Waals surface area contributed by atoms with E-state index in [9.17, 15) is 0 Å². The number of hydrogen-bond acceptors (Lipinski definition) is 3. The van der Waals surface area contributed by atoms with Crippen molar-refractivity contribution in [1.82, 2.24) is 0 Å². The normalized spacial score (nSPS) is 10.5. The monoisotopic (exact) mass is 361 g/mol. The number of rotatable bonds is 8. The molecular weight excluding hydrogens is 336 g/mol. The van der Waals surface area contributed by atoms with Crippen molar-refractivity contribution in [2.45, 2.75) is 20.8 Å². The van der Waals surface area contributed by atoms with Crippen LogP contribution in [0.1, 0.15) is 20.8 Å². The minimum absolute atomic E-state index is 0.608. The van der Waals surface area contributed by atoms with E-state index in [1.807, 2.05) is 57.2 Å². The van der Waals surface area contributed by atoms with Crippen molar-refractivity contribution in [2.24, 2.45) is 0 Å². The van der Waals surface area contributed by atoms with Gasteiger partial charge in [0, 0.05) is 11.1 Å². The second-order valence-electron chi connectivity index (χ2n) is 5.94. The van der Waals surface area contributed by atoms with Crippen LogP contribution >= 0.6 is 0 Å². The van der Waals surface area contributed by atoms with E-state index in [4.69, 9.17) is 14.2 Å². The van der Waals surface area contributed by atoms with Gasteiger partial charge in [-0.2, -0.15) is 0 Å². The molecule has 0 spiro atoms. The Balaban J connectivity index is 2.07. The second kappa shape index (κ2) is 9.13. The Bertz CT molecular complexity index is 852. The first-order valence-electron chi connectivity index (χ1n) is 9.40. The minimum atomic E-state index is 0.608. The lowest BCUT2D eigenvalue weighted by Gasteiger charge is -2.16. The summed E-state index contributed by atoms with van der Waals surface area (Å²) in [5.41, 5.74) is 4.19. The van der Waals surface area contributed by atoms with Crippen molar-refractivity contribution in [3.8, 4) is 39.5 Å². The number of benzene rings is 3. The average molecular weight is 361 g/mol. The Morgan fingerprint density at radius 3 is 1.67 bits per heavy atom. The van der Waals surface area contributed by atoms with Crippen LogP contribution in [0.15, 0.2) is 60.7 Å². The zero-order valence-electron chi connectivity index (χ0n) is 16.1. The van der Waals surface area contributed by atoms with E-state index < -0.39 is 0 Å². The number of ether oxygens (including phenoxy) is 3. The van der Waals surface area contributed by atoms with Gasteiger partial charge in [-0.25, -0.2) is 0 Å². The second-order valence-corrected chi connectivity index (χ2v) is 5.94. The fraction of sp³-hybridized carbons (Fsp3) is 0.250. The minimum Gasteiger partial charge on any atom is -0.494 e. The quantitative estimate of drug-likeness (QED) is 0.491. The molecule has 1 radical (unpaired) electrons. The van der Waals surface area contributed by atoms with Crippen LogP contribution < -0.4 is 14.2 Å². The van der Waals surface area contributed by atoms with E-state index in [1.54, 1.807) is 0 Å². The highest BCUT2D eigenvalue weighted by Gasteiger charge is 2.14. The van der Waals surface area contributed by atoms with E-state index in [2.05, 4.69) is 30.3 Å². The van der Waals surface area contributed by atoms with E-state index in [1.165, 1.54) is 0 Å². The maximum Gasteiger partial charge on any atom is 0.127 e. The van der Waals surface area contributed by atoms with Crippen LogP contribution in [-0.4, -0.2) is 19.8 Å². The summed E-state index contributed by atoms with van der Waals surface area (Å²) in [6.45, 7) is 7.88. The molecule has 139 valence electrons. The van der Waals surface area contributed by atoms with Crippen molar-refractivity contribution >= 4 is 0 Å². The van der Waals surface area contributed by atoms with Crippen molar-refractivity contribution in [3.63, 3.8) is 0 Å². The highest BCUT2D eigenvalue weighted by Crippen LogP contribution is 2.40. The van der Waals surface area contributed by atoms with Crippen molar-refractivity contribution in [3.05, 3.63) is 66.7 Å².